The third-order valence-corrected chi connectivity index (χ3v) is 2.51. The quantitative estimate of drug-likeness (QED) is 0.734. The van der Waals surface area contributed by atoms with Gasteiger partial charge in [0.1, 0.15) is 11.9 Å². The second kappa shape index (κ2) is 4.49. The molecule has 3 nitrogen and oxygen atoms in total. The smallest absolute Gasteiger partial charge is 0.143 e. The number of nitrogens with one attached hydrogen (secondary N) is 1. The zero-order valence-electron chi connectivity index (χ0n) is 8.32. The Hall–Kier alpha value is -1.29. The zero-order valence-corrected chi connectivity index (χ0v) is 8.32. The molecule has 2 atom stereocenters. The van der Waals surface area contributed by atoms with Crippen molar-refractivity contribution >= 4 is 5.69 Å². The fourth-order valence-corrected chi connectivity index (χ4v) is 1.64. The number of benzene rings is 1. The number of halogens is 1. The van der Waals surface area contributed by atoms with Gasteiger partial charge in [-0.05, 0) is 30.7 Å². The van der Waals surface area contributed by atoms with Gasteiger partial charge in [-0.25, -0.2) is 4.39 Å². The lowest BCUT2D eigenvalue weighted by Gasteiger charge is -2.27. The highest BCUT2D eigenvalue weighted by Crippen LogP contribution is 2.19. The van der Waals surface area contributed by atoms with Gasteiger partial charge in [0.25, 0.3) is 0 Å². The Morgan fingerprint density at radius 1 is 1.33 bits per heavy atom. The number of aromatic hydroxyl groups is 1. The van der Waals surface area contributed by atoms with E-state index < -0.39 is 6.17 Å². The highest BCUT2D eigenvalue weighted by molar-refractivity contribution is 5.47. The van der Waals surface area contributed by atoms with E-state index in [0.29, 0.717) is 13.0 Å². The van der Waals surface area contributed by atoms with Crippen LogP contribution in [-0.4, -0.2) is 30.5 Å². The maximum absolute atomic E-state index is 13.4. The summed E-state index contributed by atoms with van der Waals surface area (Å²) in [7, 11) is 0. The summed E-state index contributed by atoms with van der Waals surface area (Å²) in [5, 5.41) is 12.2. The lowest BCUT2D eigenvalue weighted by molar-refractivity contribution is 0.0286. The van der Waals surface area contributed by atoms with Crippen LogP contribution in [0.2, 0.25) is 0 Å². The van der Waals surface area contributed by atoms with Gasteiger partial charge in [0, 0.05) is 12.3 Å². The lowest BCUT2D eigenvalue weighted by atomic mass is 10.1. The molecule has 1 aromatic carbocycles. The molecule has 1 aliphatic rings. The van der Waals surface area contributed by atoms with E-state index in [4.69, 9.17) is 9.84 Å². The van der Waals surface area contributed by atoms with Crippen LogP contribution in [0, 0.1) is 0 Å². The van der Waals surface area contributed by atoms with Crippen LogP contribution in [0.3, 0.4) is 0 Å². The molecular weight excluding hydrogens is 197 g/mol. The van der Waals surface area contributed by atoms with Gasteiger partial charge in [-0.3, -0.25) is 0 Å². The fourth-order valence-electron chi connectivity index (χ4n) is 1.64. The van der Waals surface area contributed by atoms with Crippen molar-refractivity contribution < 1.29 is 14.2 Å². The number of ether oxygens (including phenoxy) is 1. The van der Waals surface area contributed by atoms with Gasteiger partial charge in [-0.15, -0.1) is 0 Å². The van der Waals surface area contributed by atoms with E-state index >= 15 is 0 Å². The number of hydrogen-bond donors (Lipinski definition) is 2. The van der Waals surface area contributed by atoms with Crippen LogP contribution in [-0.2, 0) is 4.74 Å². The molecule has 0 amide bonds. The van der Waals surface area contributed by atoms with E-state index in [2.05, 4.69) is 5.32 Å². The minimum Gasteiger partial charge on any atom is -0.508 e. The van der Waals surface area contributed by atoms with Crippen molar-refractivity contribution in [3.05, 3.63) is 24.3 Å². The Morgan fingerprint density at radius 2 is 2.07 bits per heavy atom. The van der Waals surface area contributed by atoms with Crippen LogP contribution in [0.25, 0.3) is 0 Å². The fraction of sp³-hybridized carbons (Fsp3) is 0.455. The summed E-state index contributed by atoms with van der Waals surface area (Å²) in [6.45, 7) is 0.756. The van der Waals surface area contributed by atoms with Gasteiger partial charge >= 0.3 is 0 Å². The molecule has 1 heterocycles. The number of alkyl halides is 1. The molecule has 2 N–H and O–H groups in total. The van der Waals surface area contributed by atoms with Gasteiger partial charge in [0.15, 0.2) is 0 Å². The third-order valence-electron chi connectivity index (χ3n) is 2.51. The van der Waals surface area contributed by atoms with Crippen molar-refractivity contribution in [1.82, 2.24) is 0 Å². The Balaban J connectivity index is 1.98. The summed E-state index contributed by atoms with van der Waals surface area (Å²) < 4.78 is 18.4. The van der Waals surface area contributed by atoms with E-state index in [1.165, 1.54) is 0 Å². The SMILES string of the molecule is Oc1ccc(NC2CCOCC2F)cc1. The topological polar surface area (TPSA) is 41.5 Å². The molecule has 1 saturated heterocycles. The summed E-state index contributed by atoms with van der Waals surface area (Å²) in [6.07, 6.45) is -0.297. The predicted molar refractivity (Wildman–Crippen MR) is 55.8 cm³/mol. The summed E-state index contributed by atoms with van der Waals surface area (Å²) >= 11 is 0. The first-order valence-electron chi connectivity index (χ1n) is 5.03. The van der Waals surface area contributed by atoms with Crippen molar-refractivity contribution in [3.8, 4) is 5.75 Å². The highest BCUT2D eigenvalue weighted by Gasteiger charge is 2.24. The van der Waals surface area contributed by atoms with E-state index in [1.807, 2.05) is 0 Å². The van der Waals surface area contributed by atoms with E-state index in [0.717, 1.165) is 5.69 Å². The van der Waals surface area contributed by atoms with Crippen molar-refractivity contribution in [3.63, 3.8) is 0 Å². The lowest BCUT2D eigenvalue weighted by Crippen LogP contribution is -2.39. The molecule has 0 spiro atoms. The molecule has 2 rings (SSSR count). The summed E-state index contributed by atoms with van der Waals surface area (Å²) in [6, 6.07) is 6.43. The van der Waals surface area contributed by atoms with E-state index in [1.54, 1.807) is 24.3 Å². The van der Waals surface area contributed by atoms with Gasteiger partial charge in [-0.2, -0.15) is 0 Å². The number of phenols is 1. The monoisotopic (exact) mass is 211 g/mol. The molecule has 0 aliphatic carbocycles. The summed E-state index contributed by atoms with van der Waals surface area (Å²) in [5.74, 6) is 0.212. The van der Waals surface area contributed by atoms with Crippen LogP contribution >= 0.6 is 0 Å². The molecule has 1 aliphatic heterocycles. The number of phenolic OH excluding ortho intramolecular Hbond substituents is 1. The molecule has 15 heavy (non-hydrogen) atoms. The van der Waals surface area contributed by atoms with Gasteiger partial charge in [-0.1, -0.05) is 0 Å². The Kier molecular flexibility index (Phi) is 3.06. The Morgan fingerprint density at radius 3 is 2.73 bits per heavy atom. The van der Waals surface area contributed by atoms with Gasteiger partial charge in [0.2, 0.25) is 0 Å². The largest absolute Gasteiger partial charge is 0.508 e. The molecule has 0 aromatic heterocycles. The molecule has 0 radical (unpaired) electrons. The second-order valence-electron chi connectivity index (χ2n) is 3.68. The molecule has 4 heteroatoms. The van der Waals surface area contributed by atoms with E-state index in [9.17, 15) is 4.39 Å². The second-order valence-corrected chi connectivity index (χ2v) is 3.68. The van der Waals surface area contributed by atoms with Crippen molar-refractivity contribution in [2.24, 2.45) is 0 Å². The average molecular weight is 211 g/mol. The van der Waals surface area contributed by atoms with Crippen LogP contribution < -0.4 is 5.32 Å². The third kappa shape index (κ3) is 2.59. The number of rotatable bonds is 2. The first-order valence-corrected chi connectivity index (χ1v) is 5.03. The molecular formula is C11H14FNO2. The van der Waals surface area contributed by atoms with Gasteiger partial charge < -0.3 is 15.2 Å². The van der Waals surface area contributed by atoms with Crippen molar-refractivity contribution in [2.75, 3.05) is 18.5 Å². The molecule has 0 saturated carbocycles. The minimum absolute atomic E-state index is 0.162. The molecule has 2 unspecified atom stereocenters. The maximum atomic E-state index is 13.4. The molecule has 1 fully saturated rings. The average Bonchev–Trinajstić information content (AvgIpc) is 2.25. The van der Waals surface area contributed by atoms with Crippen molar-refractivity contribution in [1.29, 1.82) is 0 Å². The summed E-state index contributed by atoms with van der Waals surface area (Å²) in [4.78, 5) is 0. The maximum Gasteiger partial charge on any atom is 0.143 e. The van der Waals surface area contributed by atoms with Crippen LogP contribution in [0.1, 0.15) is 6.42 Å². The Bertz CT molecular complexity index is 315. The molecule has 1 aromatic rings. The first-order chi connectivity index (χ1) is 7.25. The van der Waals surface area contributed by atoms with Crippen molar-refractivity contribution in [2.45, 2.75) is 18.6 Å². The van der Waals surface area contributed by atoms with Crippen LogP contribution in [0.5, 0.6) is 5.75 Å². The first kappa shape index (κ1) is 10.2. The predicted octanol–water partition coefficient (Wildman–Crippen LogP) is 1.93. The van der Waals surface area contributed by atoms with Crippen LogP contribution in [0.15, 0.2) is 24.3 Å². The Labute approximate surface area is 87.9 Å². The number of hydrogen-bond acceptors (Lipinski definition) is 3. The standard InChI is InChI=1S/C11H14FNO2/c12-10-7-15-6-5-11(10)13-8-1-3-9(14)4-2-8/h1-4,10-11,13-14H,5-7H2. The zero-order chi connectivity index (χ0) is 10.7. The minimum atomic E-state index is -0.965. The number of anilines is 1. The molecule has 0 bridgehead atoms. The van der Waals surface area contributed by atoms with E-state index in [-0.39, 0.29) is 18.4 Å². The highest BCUT2D eigenvalue weighted by atomic mass is 19.1. The van der Waals surface area contributed by atoms with Crippen LogP contribution in [0.4, 0.5) is 10.1 Å². The van der Waals surface area contributed by atoms with Gasteiger partial charge in [0.05, 0.1) is 12.6 Å². The molecule has 82 valence electrons. The summed E-state index contributed by atoms with van der Waals surface area (Å²) in [5.41, 5.74) is 0.822. The normalized spacial score (nSPS) is 26.2.